The Kier molecular flexibility index (Phi) is 6.21. The van der Waals surface area contributed by atoms with E-state index >= 15 is 0 Å². The number of amides is 3. The summed E-state index contributed by atoms with van der Waals surface area (Å²) in [4.78, 5) is 29.2. The number of benzene rings is 2. The maximum absolute atomic E-state index is 12.5. The molecular weight excluding hydrogens is 376 g/mol. The van der Waals surface area contributed by atoms with Gasteiger partial charge in [0.2, 0.25) is 5.91 Å². The Balaban J connectivity index is 1.29. The largest absolute Gasteiger partial charge is 0.372 e. The lowest BCUT2D eigenvalue weighted by atomic mass is 10.1. The Labute approximate surface area is 178 Å². The van der Waals surface area contributed by atoms with Crippen molar-refractivity contribution in [1.29, 1.82) is 0 Å². The van der Waals surface area contributed by atoms with Gasteiger partial charge in [0, 0.05) is 37.4 Å². The molecule has 2 saturated heterocycles. The van der Waals surface area contributed by atoms with Crippen LogP contribution in [0.15, 0.2) is 54.6 Å². The van der Waals surface area contributed by atoms with Crippen LogP contribution < -0.4 is 15.5 Å². The second kappa shape index (κ2) is 9.20. The zero-order valence-corrected chi connectivity index (χ0v) is 17.5. The van der Waals surface area contributed by atoms with E-state index in [1.165, 1.54) is 24.9 Å². The molecule has 2 unspecified atom stereocenters. The molecular formula is C24H30N4O2. The second-order valence-electron chi connectivity index (χ2n) is 8.23. The summed E-state index contributed by atoms with van der Waals surface area (Å²) in [5.41, 5.74) is 3.06. The van der Waals surface area contributed by atoms with E-state index in [2.05, 4.69) is 27.7 Å². The van der Waals surface area contributed by atoms with Gasteiger partial charge in [-0.3, -0.25) is 4.79 Å². The third-order valence-corrected chi connectivity index (χ3v) is 6.09. The van der Waals surface area contributed by atoms with Crippen LogP contribution in [0.4, 0.5) is 16.2 Å². The number of urea groups is 1. The zero-order chi connectivity index (χ0) is 20.9. The molecule has 0 aliphatic carbocycles. The average molecular weight is 407 g/mol. The molecule has 2 atom stereocenters. The smallest absolute Gasteiger partial charge is 0.319 e. The fourth-order valence-electron chi connectivity index (χ4n) is 4.37. The Morgan fingerprint density at radius 2 is 1.70 bits per heavy atom. The summed E-state index contributed by atoms with van der Waals surface area (Å²) in [6, 6.07) is 17.5. The first kappa shape index (κ1) is 20.3. The number of carbonyl (C=O) groups is 2. The van der Waals surface area contributed by atoms with Crippen molar-refractivity contribution in [3.8, 4) is 0 Å². The lowest BCUT2D eigenvalue weighted by Gasteiger charge is -2.28. The van der Waals surface area contributed by atoms with E-state index in [0.29, 0.717) is 13.0 Å². The number of likely N-dealkylation sites (tertiary alicyclic amines) is 1. The molecule has 2 fully saturated rings. The number of piperidine rings is 1. The maximum atomic E-state index is 12.5. The van der Waals surface area contributed by atoms with Gasteiger partial charge in [-0.2, -0.15) is 0 Å². The summed E-state index contributed by atoms with van der Waals surface area (Å²) in [6.07, 6.45) is 4.12. The molecule has 2 aromatic carbocycles. The van der Waals surface area contributed by atoms with Crippen molar-refractivity contribution < 1.29 is 9.59 Å². The van der Waals surface area contributed by atoms with Crippen LogP contribution in [0.5, 0.6) is 0 Å². The highest BCUT2D eigenvalue weighted by Gasteiger charge is 2.33. The quantitative estimate of drug-likeness (QED) is 0.784. The Hall–Kier alpha value is -3.02. The van der Waals surface area contributed by atoms with Gasteiger partial charge in [-0.1, -0.05) is 30.3 Å². The van der Waals surface area contributed by atoms with Gasteiger partial charge < -0.3 is 20.4 Å². The number of anilines is 2. The summed E-state index contributed by atoms with van der Waals surface area (Å²) in [5, 5.41) is 5.84. The topological polar surface area (TPSA) is 64.7 Å². The second-order valence-corrected chi connectivity index (χ2v) is 8.23. The number of nitrogens with zero attached hydrogens (tertiary/aromatic N) is 2. The first-order valence-electron chi connectivity index (χ1n) is 10.9. The van der Waals surface area contributed by atoms with Gasteiger partial charge in [0.25, 0.3) is 0 Å². The summed E-state index contributed by atoms with van der Waals surface area (Å²) in [7, 11) is 0. The van der Waals surface area contributed by atoms with Crippen LogP contribution in [-0.4, -0.2) is 42.5 Å². The number of hydrogen-bond donors (Lipinski definition) is 2. The van der Waals surface area contributed by atoms with E-state index in [9.17, 15) is 9.59 Å². The Morgan fingerprint density at radius 3 is 2.40 bits per heavy atom. The van der Waals surface area contributed by atoms with Crippen LogP contribution in [0.3, 0.4) is 0 Å². The van der Waals surface area contributed by atoms with Crippen molar-refractivity contribution in [3.63, 3.8) is 0 Å². The van der Waals surface area contributed by atoms with Gasteiger partial charge in [-0.05, 0) is 56.0 Å². The molecule has 6 nitrogen and oxygen atoms in total. The van der Waals surface area contributed by atoms with Crippen molar-refractivity contribution in [2.75, 3.05) is 29.9 Å². The highest BCUT2D eigenvalue weighted by molar-refractivity contribution is 5.90. The third-order valence-electron chi connectivity index (χ3n) is 6.09. The van der Waals surface area contributed by atoms with E-state index in [4.69, 9.17) is 0 Å². The molecule has 2 aromatic rings. The summed E-state index contributed by atoms with van der Waals surface area (Å²) >= 11 is 0. The van der Waals surface area contributed by atoms with Gasteiger partial charge >= 0.3 is 6.03 Å². The van der Waals surface area contributed by atoms with Crippen molar-refractivity contribution in [3.05, 3.63) is 60.2 Å². The minimum atomic E-state index is -0.271. The highest BCUT2D eigenvalue weighted by atomic mass is 16.2. The molecule has 158 valence electrons. The molecule has 2 N–H and O–H groups in total. The van der Waals surface area contributed by atoms with Crippen LogP contribution in [0.25, 0.3) is 0 Å². The van der Waals surface area contributed by atoms with Crippen LogP contribution in [-0.2, 0) is 4.79 Å². The maximum Gasteiger partial charge on any atom is 0.319 e. The predicted octanol–water partition coefficient (Wildman–Crippen LogP) is 4.16. The standard InChI is InChI=1S/C24H30N4O2/c1-18(19-8-4-2-5-9-19)28-17-21(16-23(28)29)26-24(30)25-20-10-12-22(13-11-20)27-14-6-3-7-15-27/h2,4-5,8-13,18,21H,3,6-7,14-17H2,1H3,(H2,25,26,30). The lowest BCUT2D eigenvalue weighted by Crippen LogP contribution is -2.40. The number of hydrogen-bond acceptors (Lipinski definition) is 3. The summed E-state index contributed by atoms with van der Waals surface area (Å²) in [5.74, 6) is 0.0718. The van der Waals surface area contributed by atoms with Crippen LogP contribution in [0, 0.1) is 0 Å². The van der Waals surface area contributed by atoms with Crippen molar-refractivity contribution in [2.24, 2.45) is 0 Å². The molecule has 6 heteroatoms. The average Bonchev–Trinajstić information content (AvgIpc) is 3.14. The van der Waals surface area contributed by atoms with E-state index in [0.717, 1.165) is 24.3 Å². The van der Waals surface area contributed by atoms with Crippen LogP contribution in [0.2, 0.25) is 0 Å². The SMILES string of the molecule is CC(c1ccccc1)N1CC(NC(=O)Nc2ccc(N3CCCCC3)cc2)CC1=O. The fourth-order valence-corrected chi connectivity index (χ4v) is 4.37. The van der Waals surface area contributed by atoms with Gasteiger partial charge in [0.05, 0.1) is 12.1 Å². The number of rotatable bonds is 5. The van der Waals surface area contributed by atoms with Crippen LogP contribution in [0.1, 0.15) is 44.2 Å². The molecule has 0 radical (unpaired) electrons. The molecule has 30 heavy (non-hydrogen) atoms. The zero-order valence-electron chi connectivity index (χ0n) is 17.5. The van der Waals surface area contributed by atoms with E-state index in [1.807, 2.05) is 54.3 Å². The summed E-state index contributed by atoms with van der Waals surface area (Å²) < 4.78 is 0. The number of nitrogens with one attached hydrogen (secondary N) is 2. The minimum Gasteiger partial charge on any atom is -0.372 e. The molecule has 4 rings (SSSR count). The first-order valence-corrected chi connectivity index (χ1v) is 10.9. The minimum absolute atomic E-state index is 0.00380. The molecule has 0 aromatic heterocycles. The van der Waals surface area contributed by atoms with E-state index in [-0.39, 0.29) is 24.0 Å². The van der Waals surface area contributed by atoms with Gasteiger partial charge in [-0.25, -0.2) is 4.79 Å². The molecule has 0 saturated carbocycles. The normalized spacial score (nSPS) is 20.2. The highest BCUT2D eigenvalue weighted by Crippen LogP contribution is 2.26. The van der Waals surface area contributed by atoms with E-state index in [1.54, 1.807) is 0 Å². The molecule has 2 aliphatic rings. The van der Waals surface area contributed by atoms with Gasteiger partial charge in [0.15, 0.2) is 0 Å². The Bertz CT molecular complexity index is 863. The van der Waals surface area contributed by atoms with Gasteiger partial charge in [-0.15, -0.1) is 0 Å². The van der Waals surface area contributed by atoms with Crippen molar-refractivity contribution in [2.45, 2.75) is 44.7 Å². The predicted molar refractivity (Wildman–Crippen MR) is 120 cm³/mol. The third kappa shape index (κ3) is 4.75. The van der Waals surface area contributed by atoms with Crippen LogP contribution >= 0.6 is 0 Å². The van der Waals surface area contributed by atoms with Crippen molar-refractivity contribution >= 4 is 23.3 Å². The lowest BCUT2D eigenvalue weighted by molar-refractivity contribution is -0.129. The molecule has 0 spiro atoms. The first-order chi connectivity index (χ1) is 14.6. The summed E-state index contributed by atoms with van der Waals surface area (Å²) in [6.45, 7) is 4.75. The molecule has 0 bridgehead atoms. The van der Waals surface area contributed by atoms with Gasteiger partial charge in [0.1, 0.15) is 0 Å². The molecule has 2 heterocycles. The number of carbonyl (C=O) groups excluding carboxylic acids is 2. The fraction of sp³-hybridized carbons (Fsp3) is 0.417. The monoisotopic (exact) mass is 406 g/mol. The molecule has 3 amide bonds. The van der Waals surface area contributed by atoms with Crippen molar-refractivity contribution in [1.82, 2.24) is 10.2 Å². The Morgan fingerprint density at radius 1 is 1.00 bits per heavy atom. The van der Waals surface area contributed by atoms with E-state index < -0.39 is 0 Å². The molecule has 2 aliphatic heterocycles.